The van der Waals surface area contributed by atoms with Crippen LogP contribution in [-0.2, 0) is 16.0 Å². The lowest BCUT2D eigenvalue weighted by molar-refractivity contribution is -0.135. The van der Waals surface area contributed by atoms with E-state index >= 15 is 0 Å². The van der Waals surface area contributed by atoms with Gasteiger partial charge in [0.05, 0.1) is 0 Å². The number of aryl methyl sites for hydroxylation is 1. The Morgan fingerprint density at radius 3 is 1.90 bits per heavy atom. The molecule has 0 heterocycles. The van der Waals surface area contributed by atoms with Gasteiger partial charge in [-0.15, -0.1) is 0 Å². The Bertz CT molecular complexity index is 1020. The van der Waals surface area contributed by atoms with Gasteiger partial charge in [0.2, 0.25) is 0 Å². The van der Waals surface area contributed by atoms with E-state index in [1.807, 2.05) is 66.7 Å². The van der Waals surface area contributed by atoms with Crippen molar-refractivity contribution in [2.24, 2.45) is 0 Å². The third-order valence-corrected chi connectivity index (χ3v) is 4.73. The molecule has 0 aliphatic heterocycles. The zero-order valence-corrected chi connectivity index (χ0v) is 17.3. The molecule has 30 heavy (non-hydrogen) atoms. The molecule has 0 bridgehead atoms. The molecule has 0 saturated heterocycles. The minimum atomic E-state index is -0.788. The maximum absolute atomic E-state index is 12.3. The number of carbonyl (C=O) groups is 2. The van der Waals surface area contributed by atoms with E-state index in [0.717, 1.165) is 17.2 Å². The van der Waals surface area contributed by atoms with Crippen LogP contribution in [0.4, 0.5) is 0 Å². The fourth-order valence-corrected chi connectivity index (χ4v) is 2.89. The summed E-state index contributed by atoms with van der Waals surface area (Å²) in [5.74, 6) is 0.251. The highest BCUT2D eigenvalue weighted by atomic mass is 16.5. The van der Waals surface area contributed by atoms with E-state index in [0.29, 0.717) is 11.5 Å². The molecule has 3 aromatic rings. The molecule has 0 fully saturated rings. The zero-order chi connectivity index (χ0) is 21.5. The highest BCUT2D eigenvalue weighted by Gasteiger charge is 2.19. The Hall–Kier alpha value is -3.54. The maximum atomic E-state index is 12.3. The van der Waals surface area contributed by atoms with Gasteiger partial charge in [0.1, 0.15) is 11.5 Å². The first-order chi connectivity index (χ1) is 14.5. The van der Waals surface area contributed by atoms with Gasteiger partial charge >= 0.3 is 0 Å². The molecule has 0 aliphatic carbocycles. The van der Waals surface area contributed by atoms with Crippen molar-refractivity contribution in [2.45, 2.75) is 39.4 Å². The minimum absolute atomic E-state index is 0.458. The van der Waals surface area contributed by atoms with Crippen LogP contribution in [-0.4, -0.2) is 24.0 Å². The standard InChI is InChI=1S/C24H26N2O4/c1-4-18-9-12-21(13-10-18)29-16(2)23(27)25-26-24(28)17(3)30-22-14-11-19-7-5-6-8-20(19)15-22/h5-17H,4H2,1-3H3,(H,25,27)(H,26,28)/t16-,17+/m0/s1. The molecule has 3 aromatic carbocycles. The molecule has 0 saturated carbocycles. The Morgan fingerprint density at radius 2 is 1.30 bits per heavy atom. The number of ether oxygens (including phenoxy) is 2. The number of rotatable bonds is 7. The van der Waals surface area contributed by atoms with Crippen LogP contribution < -0.4 is 20.3 Å². The zero-order valence-electron chi connectivity index (χ0n) is 17.3. The first-order valence-corrected chi connectivity index (χ1v) is 9.97. The molecule has 0 unspecified atom stereocenters. The molecule has 0 aliphatic rings. The lowest BCUT2D eigenvalue weighted by atomic mass is 10.1. The van der Waals surface area contributed by atoms with Gasteiger partial charge in [0.25, 0.3) is 11.8 Å². The van der Waals surface area contributed by atoms with Crippen LogP contribution in [0.25, 0.3) is 10.8 Å². The minimum Gasteiger partial charge on any atom is -0.481 e. The van der Waals surface area contributed by atoms with Gasteiger partial charge in [-0.2, -0.15) is 0 Å². The van der Waals surface area contributed by atoms with Gasteiger partial charge in [-0.1, -0.05) is 49.4 Å². The normalized spacial score (nSPS) is 12.6. The van der Waals surface area contributed by atoms with Crippen molar-refractivity contribution in [2.75, 3.05) is 0 Å². The summed E-state index contributed by atoms with van der Waals surface area (Å²) in [6.45, 7) is 5.30. The van der Waals surface area contributed by atoms with Crippen molar-refractivity contribution < 1.29 is 19.1 Å². The molecule has 6 heteroatoms. The van der Waals surface area contributed by atoms with E-state index in [-0.39, 0.29) is 0 Å². The number of fused-ring (bicyclic) bond motifs is 1. The summed E-state index contributed by atoms with van der Waals surface area (Å²) in [4.78, 5) is 24.5. The molecule has 6 nitrogen and oxygen atoms in total. The van der Waals surface area contributed by atoms with Crippen LogP contribution in [0.15, 0.2) is 66.7 Å². The van der Waals surface area contributed by atoms with E-state index in [1.165, 1.54) is 5.56 Å². The highest BCUT2D eigenvalue weighted by Crippen LogP contribution is 2.21. The van der Waals surface area contributed by atoms with Gasteiger partial charge in [-0.3, -0.25) is 20.4 Å². The summed E-state index contributed by atoms with van der Waals surface area (Å²) < 4.78 is 11.3. The molecule has 0 radical (unpaired) electrons. The molecular formula is C24H26N2O4. The van der Waals surface area contributed by atoms with Gasteiger partial charge in [0.15, 0.2) is 12.2 Å². The van der Waals surface area contributed by atoms with E-state index < -0.39 is 24.0 Å². The van der Waals surface area contributed by atoms with Crippen LogP contribution in [0.5, 0.6) is 11.5 Å². The number of benzene rings is 3. The SMILES string of the molecule is CCc1ccc(O[C@@H](C)C(=O)NNC(=O)[C@@H](C)Oc2ccc3ccccc3c2)cc1. The molecule has 2 atom stereocenters. The van der Waals surface area contributed by atoms with Crippen molar-refractivity contribution in [3.8, 4) is 11.5 Å². The van der Waals surface area contributed by atoms with Gasteiger partial charge in [0, 0.05) is 0 Å². The van der Waals surface area contributed by atoms with Crippen LogP contribution in [0.2, 0.25) is 0 Å². The molecule has 2 amide bonds. The second kappa shape index (κ2) is 9.78. The largest absolute Gasteiger partial charge is 0.481 e. The Morgan fingerprint density at radius 1 is 0.767 bits per heavy atom. The third kappa shape index (κ3) is 5.50. The Kier molecular flexibility index (Phi) is 6.91. The topological polar surface area (TPSA) is 76.7 Å². The molecule has 3 rings (SSSR count). The summed E-state index contributed by atoms with van der Waals surface area (Å²) >= 11 is 0. The van der Waals surface area contributed by atoms with Gasteiger partial charge in [-0.25, -0.2) is 0 Å². The van der Waals surface area contributed by atoms with Crippen molar-refractivity contribution in [3.63, 3.8) is 0 Å². The van der Waals surface area contributed by atoms with Crippen LogP contribution in [0, 0.1) is 0 Å². The number of nitrogens with one attached hydrogen (secondary N) is 2. The second-order valence-corrected chi connectivity index (χ2v) is 7.01. The lowest BCUT2D eigenvalue weighted by Gasteiger charge is -2.18. The van der Waals surface area contributed by atoms with E-state index in [2.05, 4.69) is 17.8 Å². The van der Waals surface area contributed by atoms with Crippen LogP contribution in [0.1, 0.15) is 26.3 Å². The smallest absolute Gasteiger partial charge is 0.279 e. The molecular weight excluding hydrogens is 380 g/mol. The van der Waals surface area contributed by atoms with Crippen molar-refractivity contribution in [1.29, 1.82) is 0 Å². The molecule has 2 N–H and O–H groups in total. The van der Waals surface area contributed by atoms with E-state index in [9.17, 15) is 9.59 Å². The monoisotopic (exact) mass is 406 g/mol. The van der Waals surface area contributed by atoms with E-state index in [4.69, 9.17) is 9.47 Å². The highest BCUT2D eigenvalue weighted by molar-refractivity contribution is 5.87. The Labute approximate surface area is 176 Å². The maximum Gasteiger partial charge on any atom is 0.279 e. The van der Waals surface area contributed by atoms with Gasteiger partial charge in [-0.05, 0) is 60.9 Å². The van der Waals surface area contributed by atoms with Crippen molar-refractivity contribution in [1.82, 2.24) is 10.9 Å². The Balaban J connectivity index is 1.48. The summed E-state index contributed by atoms with van der Waals surface area (Å²) in [6, 6.07) is 21.1. The summed E-state index contributed by atoms with van der Waals surface area (Å²) in [5, 5.41) is 2.11. The van der Waals surface area contributed by atoms with Crippen LogP contribution >= 0.6 is 0 Å². The third-order valence-electron chi connectivity index (χ3n) is 4.73. The van der Waals surface area contributed by atoms with Crippen molar-refractivity contribution >= 4 is 22.6 Å². The quantitative estimate of drug-likeness (QED) is 0.586. The summed E-state index contributed by atoms with van der Waals surface area (Å²) in [6.07, 6.45) is -0.624. The summed E-state index contributed by atoms with van der Waals surface area (Å²) in [7, 11) is 0. The van der Waals surface area contributed by atoms with Crippen molar-refractivity contribution in [3.05, 3.63) is 72.3 Å². The molecule has 0 spiro atoms. The lowest BCUT2D eigenvalue weighted by Crippen LogP contribution is -2.50. The fraction of sp³-hybridized carbons (Fsp3) is 0.250. The second-order valence-electron chi connectivity index (χ2n) is 7.01. The average molecular weight is 406 g/mol. The number of hydrazine groups is 1. The predicted molar refractivity (Wildman–Crippen MR) is 116 cm³/mol. The average Bonchev–Trinajstić information content (AvgIpc) is 2.77. The number of hydrogen-bond donors (Lipinski definition) is 2. The summed E-state index contributed by atoms with van der Waals surface area (Å²) in [5.41, 5.74) is 5.95. The first-order valence-electron chi connectivity index (χ1n) is 9.97. The predicted octanol–water partition coefficient (Wildman–Crippen LogP) is 3.78. The molecule has 0 aromatic heterocycles. The first kappa shape index (κ1) is 21.2. The molecule has 156 valence electrons. The number of amides is 2. The number of carbonyl (C=O) groups excluding carboxylic acids is 2. The number of hydrogen-bond acceptors (Lipinski definition) is 4. The fourth-order valence-electron chi connectivity index (χ4n) is 2.89. The van der Waals surface area contributed by atoms with Crippen LogP contribution in [0.3, 0.4) is 0 Å². The van der Waals surface area contributed by atoms with Gasteiger partial charge < -0.3 is 9.47 Å². The van der Waals surface area contributed by atoms with E-state index in [1.54, 1.807) is 13.8 Å².